The first-order chi connectivity index (χ1) is 6.02. The third kappa shape index (κ3) is 2.00. The van der Waals surface area contributed by atoms with Gasteiger partial charge in [0.15, 0.2) is 0 Å². The molecule has 1 rings (SSSR count). The second kappa shape index (κ2) is 3.48. The number of nitro groups is 2. The lowest BCUT2D eigenvalue weighted by atomic mass is 10.3. The smallest absolute Gasteiger partial charge is 0.258 e. The SMILES string of the molecule is O=[N+]([O-])c1ccc(Br)cc1[N+](=O)[O-]. The fourth-order valence-electron chi connectivity index (χ4n) is 0.797. The van der Waals surface area contributed by atoms with Gasteiger partial charge in [-0.3, -0.25) is 20.2 Å². The molecule has 0 radical (unpaired) electrons. The van der Waals surface area contributed by atoms with Gasteiger partial charge in [-0.25, -0.2) is 0 Å². The van der Waals surface area contributed by atoms with E-state index >= 15 is 0 Å². The highest BCUT2D eigenvalue weighted by Gasteiger charge is 2.23. The fourth-order valence-corrected chi connectivity index (χ4v) is 1.15. The van der Waals surface area contributed by atoms with Crippen molar-refractivity contribution in [2.24, 2.45) is 0 Å². The lowest BCUT2D eigenvalue weighted by Gasteiger charge is -1.94. The van der Waals surface area contributed by atoms with Gasteiger partial charge in [0.25, 0.3) is 0 Å². The second-order valence-electron chi connectivity index (χ2n) is 2.15. The van der Waals surface area contributed by atoms with Crippen LogP contribution >= 0.6 is 15.9 Å². The molecule has 0 heterocycles. The molecule has 0 saturated heterocycles. The summed E-state index contributed by atoms with van der Waals surface area (Å²) < 4.78 is 0.435. The first kappa shape index (κ1) is 9.59. The summed E-state index contributed by atoms with van der Waals surface area (Å²) in [7, 11) is 0. The van der Waals surface area contributed by atoms with Crippen LogP contribution in [0.5, 0.6) is 0 Å². The third-order valence-corrected chi connectivity index (χ3v) is 1.82. The average molecular weight is 247 g/mol. The van der Waals surface area contributed by atoms with Crippen LogP contribution in [0.25, 0.3) is 0 Å². The van der Waals surface area contributed by atoms with E-state index in [1.807, 2.05) is 0 Å². The number of nitro benzene ring substituents is 2. The van der Waals surface area contributed by atoms with E-state index < -0.39 is 21.2 Å². The van der Waals surface area contributed by atoms with Gasteiger partial charge >= 0.3 is 11.4 Å². The van der Waals surface area contributed by atoms with Crippen molar-refractivity contribution in [3.05, 3.63) is 42.9 Å². The van der Waals surface area contributed by atoms with Crippen molar-refractivity contribution in [2.75, 3.05) is 0 Å². The van der Waals surface area contributed by atoms with E-state index in [-0.39, 0.29) is 0 Å². The zero-order valence-corrected chi connectivity index (χ0v) is 7.72. The topological polar surface area (TPSA) is 86.3 Å². The highest BCUT2D eigenvalue weighted by atomic mass is 79.9. The molecule has 0 aliphatic rings. The van der Waals surface area contributed by atoms with Crippen molar-refractivity contribution in [3.63, 3.8) is 0 Å². The highest BCUT2D eigenvalue weighted by Crippen LogP contribution is 2.29. The largest absolute Gasteiger partial charge is 0.347 e. The maximum absolute atomic E-state index is 10.4. The Labute approximate surface area is 80.6 Å². The molecule has 0 aromatic heterocycles. The average Bonchev–Trinajstić information content (AvgIpc) is 2.03. The van der Waals surface area contributed by atoms with E-state index in [1.165, 1.54) is 6.07 Å². The molecule has 68 valence electrons. The van der Waals surface area contributed by atoms with Gasteiger partial charge in [-0.1, -0.05) is 15.9 Å². The van der Waals surface area contributed by atoms with E-state index in [0.29, 0.717) is 4.47 Å². The first-order valence-electron chi connectivity index (χ1n) is 3.10. The van der Waals surface area contributed by atoms with Crippen LogP contribution in [-0.2, 0) is 0 Å². The molecule has 6 nitrogen and oxygen atoms in total. The number of halogens is 1. The van der Waals surface area contributed by atoms with E-state index in [4.69, 9.17) is 0 Å². The molecular weight excluding hydrogens is 244 g/mol. The Balaban J connectivity index is 3.35. The lowest BCUT2D eigenvalue weighted by Crippen LogP contribution is -1.95. The van der Waals surface area contributed by atoms with Crippen molar-refractivity contribution in [3.8, 4) is 0 Å². The lowest BCUT2D eigenvalue weighted by molar-refractivity contribution is -0.422. The van der Waals surface area contributed by atoms with Crippen molar-refractivity contribution in [2.45, 2.75) is 0 Å². The minimum Gasteiger partial charge on any atom is -0.258 e. The van der Waals surface area contributed by atoms with Crippen LogP contribution in [0.15, 0.2) is 22.7 Å². The normalized spacial score (nSPS) is 9.62. The molecule has 7 heteroatoms. The quantitative estimate of drug-likeness (QED) is 0.592. The van der Waals surface area contributed by atoms with Gasteiger partial charge in [0.1, 0.15) is 0 Å². The molecule has 1 aromatic rings. The van der Waals surface area contributed by atoms with Crippen LogP contribution in [0.3, 0.4) is 0 Å². The monoisotopic (exact) mass is 246 g/mol. The van der Waals surface area contributed by atoms with Crippen LogP contribution in [0, 0.1) is 20.2 Å². The van der Waals surface area contributed by atoms with E-state index in [2.05, 4.69) is 15.9 Å². The van der Waals surface area contributed by atoms with Crippen LogP contribution in [0.4, 0.5) is 11.4 Å². The molecule has 0 fully saturated rings. The van der Waals surface area contributed by atoms with Gasteiger partial charge in [0, 0.05) is 16.6 Å². The third-order valence-electron chi connectivity index (χ3n) is 1.33. The van der Waals surface area contributed by atoms with Crippen LogP contribution in [0.2, 0.25) is 0 Å². The predicted molar refractivity (Wildman–Crippen MR) is 47.5 cm³/mol. The Kier molecular flexibility index (Phi) is 2.57. The zero-order chi connectivity index (χ0) is 10.0. The number of rotatable bonds is 2. The Morgan fingerprint density at radius 3 is 2.08 bits per heavy atom. The summed E-state index contributed by atoms with van der Waals surface area (Å²) >= 11 is 2.99. The summed E-state index contributed by atoms with van der Waals surface area (Å²) in [5.41, 5.74) is -1.02. The van der Waals surface area contributed by atoms with Crippen LogP contribution < -0.4 is 0 Å². The molecule has 0 amide bonds. The zero-order valence-electron chi connectivity index (χ0n) is 6.14. The van der Waals surface area contributed by atoms with Crippen molar-refractivity contribution in [1.29, 1.82) is 0 Å². The number of hydrogen-bond acceptors (Lipinski definition) is 4. The molecule has 1 aromatic carbocycles. The summed E-state index contributed by atoms with van der Waals surface area (Å²) in [5, 5.41) is 20.7. The Bertz CT molecular complexity index is 379. The molecule has 0 aliphatic heterocycles. The summed E-state index contributed by atoms with van der Waals surface area (Å²) in [6.07, 6.45) is 0. The minimum absolute atomic E-state index is 0.435. The molecule has 13 heavy (non-hydrogen) atoms. The fraction of sp³-hybridized carbons (Fsp3) is 0. The molecule has 0 saturated carbocycles. The molecule has 0 atom stereocenters. The molecule has 0 bridgehead atoms. The summed E-state index contributed by atoms with van der Waals surface area (Å²) in [5.74, 6) is 0. The standard InChI is InChI=1S/C6H3BrN2O4/c7-4-1-2-5(8(10)11)6(3-4)9(12)13/h1-3H. The van der Waals surface area contributed by atoms with Gasteiger partial charge in [0.2, 0.25) is 0 Å². The maximum atomic E-state index is 10.4. The minimum atomic E-state index is -0.789. The van der Waals surface area contributed by atoms with E-state index in [9.17, 15) is 20.2 Å². The predicted octanol–water partition coefficient (Wildman–Crippen LogP) is 2.27. The van der Waals surface area contributed by atoms with Crippen LogP contribution in [-0.4, -0.2) is 9.85 Å². The van der Waals surface area contributed by atoms with Crippen molar-refractivity contribution < 1.29 is 9.85 Å². The molecular formula is C6H3BrN2O4. The van der Waals surface area contributed by atoms with E-state index in [1.54, 1.807) is 0 Å². The first-order valence-corrected chi connectivity index (χ1v) is 3.90. The van der Waals surface area contributed by atoms with E-state index in [0.717, 1.165) is 12.1 Å². The number of hydrogen-bond donors (Lipinski definition) is 0. The van der Waals surface area contributed by atoms with Crippen molar-refractivity contribution >= 4 is 27.3 Å². The summed E-state index contributed by atoms with van der Waals surface area (Å²) in [4.78, 5) is 19.1. The molecule has 0 aliphatic carbocycles. The molecule has 0 spiro atoms. The Hall–Kier alpha value is -1.50. The van der Waals surface area contributed by atoms with Gasteiger partial charge in [-0.15, -0.1) is 0 Å². The Morgan fingerprint density at radius 2 is 1.62 bits per heavy atom. The maximum Gasteiger partial charge on any atom is 0.347 e. The highest BCUT2D eigenvalue weighted by molar-refractivity contribution is 9.10. The van der Waals surface area contributed by atoms with Crippen molar-refractivity contribution in [1.82, 2.24) is 0 Å². The van der Waals surface area contributed by atoms with Gasteiger partial charge < -0.3 is 0 Å². The Morgan fingerprint density at radius 1 is 1.08 bits per heavy atom. The number of nitrogens with zero attached hydrogens (tertiary/aromatic N) is 2. The van der Waals surface area contributed by atoms with Gasteiger partial charge in [0.05, 0.1) is 9.85 Å². The summed E-state index contributed by atoms with van der Waals surface area (Å²) in [6.45, 7) is 0. The van der Waals surface area contributed by atoms with Crippen LogP contribution in [0.1, 0.15) is 0 Å². The molecule has 0 unspecified atom stereocenters. The van der Waals surface area contributed by atoms with Gasteiger partial charge in [-0.2, -0.15) is 0 Å². The summed E-state index contributed by atoms with van der Waals surface area (Å²) in [6, 6.07) is 3.56. The molecule has 0 N–H and O–H groups in total. The second-order valence-corrected chi connectivity index (χ2v) is 3.06. The van der Waals surface area contributed by atoms with Gasteiger partial charge in [-0.05, 0) is 6.07 Å². The number of benzene rings is 1.